The number of nitrogens with zero attached hydrogens (tertiary/aromatic N) is 2. The lowest BCUT2D eigenvalue weighted by molar-refractivity contribution is 0.122. The summed E-state index contributed by atoms with van der Waals surface area (Å²) in [6.45, 7) is 1.12. The van der Waals surface area contributed by atoms with Crippen molar-refractivity contribution in [2.24, 2.45) is 11.8 Å². The first-order chi connectivity index (χ1) is 13.7. The lowest BCUT2D eigenvalue weighted by atomic mass is 10.5. The van der Waals surface area contributed by atoms with Crippen molar-refractivity contribution in [2.45, 2.75) is 25.7 Å². The Hall–Kier alpha value is -2.73. The molecule has 7 heteroatoms. The smallest absolute Gasteiger partial charge is 0.417 e. The molecule has 4 aliphatic rings. The maximum absolute atomic E-state index is 11.5. The fourth-order valence-corrected chi connectivity index (χ4v) is 2.27. The van der Waals surface area contributed by atoms with E-state index in [-0.39, 0.29) is 24.6 Å². The lowest BCUT2D eigenvalue weighted by Gasteiger charge is -2.12. The summed E-state index contributed by atoms with van der Waals surface area (Å²) in [5.41, 5.74) is 0. The van der Waals surface area contributed by atoms with Crippen LogP contribution < -0.4 is 0 Å². The van der Waals surface area contributed by atoms with E-state index in [2.05, 4.69) is 0 Å². The molecule has 2 aliphatic carbocycles. The van der Waals surface area contributed by atoms with E-state index in [1.54, 1.807) is 49.1 Å². The van der Waals surface area contributed by atoms with Gasteiger partial charge in [0.25, 0.3) is 0 Å². The summed E-state index contributed by atoms with van der Waals surface area (Å²) in [4.78, 5) is 25.8. The normalized spacial score (nSPS) is 18.9. The summed E-state index contributed by atoms with van der Waals surface area (Å²) in [5, 5.41) is 0. The van der Waals surface area contributed by atoms with E-state index >= 15 is 0 Å². The molecule has 29 heavy (non-hydrogen) atoms. The van der Waals surface area contributed by atoms with Gasteiger partial charge in [0, 0.05) is 24.8 Å². The molecule has 0 radical (unpaired) electrons. The Morgan fingerprint density at radius 2 is 0.931 bits per heavy atom. The van der Waals surface area contributed by atoms with E-state index in [0.717, 1.165) is 0 Å². The third-order valence-electron chi connectivity index (χ3n) is 4.35. The van der Waals surface area contributed by atoms with Crippen molar-refractivity contribution >= 4 is 24.6 Å². The number of amides is 2. The van der Waals surface area contributed by atoms with Crippen LogP contribution in [-0.4, -0.2) is 35.2 Å². The van der Waals surface area contributed by atoms with Crippen molar-refractivity contribution < 1.29 is 19.1 Å². The van der Waals surface area contributed by atoms with Gasteiger partial charge in [-0.2, -0.15) is 0 Å². The summed E-state index contributed by atoms with van der Waals surface area (Å²) in [5.74, 6) is 1.22. The van der Waals surface area contributed by atoms with E-state index in [9.17, 15) is 9.59 Å². The van der Waals surface area contributed by atoms with Crippen molar-refractivity contribution in [3.63, 3.8) is 0 Å². The zero-order valence-corrected chi connectivity index (χ0v) is 17.1. The maximum Gasteiger partial charge on any atom is 0.417 e. The van der Waals surface area contributed by atoms with E-state index in [1.807, 2.05) is 24.3 Å². The van der Waals surface area contributed by atoms with Gasteiger partial charge >= 0.3 is 12.2 Å². The molecule has 2 saturated carbocycles. The number of hydrogen-bond acceptors (Lipinski definition) is 4. The van der Waals surface area contributed by atoms with E-state index in [0.29, 0.717) is 25.0 Å². The van der Waals surface area contributed by atoms with Gasteiger partial charge in [0.1, 0.15) is 0 Å². The minimum absolute atomic E-state index is 0. The van der Waals surface area contributed by atoms with Crippen molar-refractivity contribution in [1.82, 2.24) is 9.80 Å². The quantitative estimate of drug-likeness (QED) is 0.622. The fourth-order valence-electron chi connectivity index (χ4n) is 2.27. The first kappa shape index (κ1) is 22.6. The average Bonchev–Trinajstić information content (AvgIpc) is 3.60. The number of ether oxygens (including phenoxy) is 2. The molecule has 2 amide bonds. The van der Waals surface area contributed by atoms with Crippen LogP contribution in [0.3, 0.4) is 0 Å². The zero-order valence-electron chi connectivity index (χ0n) is 16.3. The Morgan fingerprint density at radius 1 is 0.621 bits per heavy atom. The molecule has 0 aromatic heterocycles. The zero-order chi connectivity index (χ0) is 19.6. The van der Waals surface area contributed by atoms with Crippen LogP contribution in [0.1, 0.15) is 25.7 Å². The van der Waals surface area contributed by atoms with Crippen LogP contribution >= 0.6 is 12.4 Å². The molecular weight excluding hydrogens is 392 g/mol. The van der Waals surface area contributed by atoms with Gasteiger partial charge in [0.05, 0.1) is 13.2 Å². The van der Waals surface area contributed by atoms with Crippen LogP contribution in [0.15, 0.2) is 73.4 Å². The predicted molar refractivity (Wildman–Crippen MR) is 114 cm³/mol. The standard InChI is InChI=1S/2C11H13NO2.ClH/c2*13-11(14-9-10-5-6-10)12-7-3-1-2-4-8-12;/h2*1-4,7-8,10H,5-6,9H2;1H. The predicted octanol–water partition coefficient (Wildman–Crippen LogP) is 5.29. The van der Waals surface area contributed by atoms with E-state index in [1.165, 1.54) is 35.5 Å². The number of halogens is 1. The Morgan fingerprint density at radius 3 is 1.21 bits per heavy atom. The summed E-state index contributed by atoms with van der Waals surface area (Å²) >= 11 is 0. The van der Waals surface area contributed by atoms with Gasteiger partial charge in [0.2, 0.25) is 0 Å². The second kappa shape index (κ2) is 12.0. The number of allylic oxidation sites excluding steroid dienone is 8. The summed E-state index contributed by atoms with van der Waals surface area (Å²) in [6.07, 6.45) is 25.6. The highest BCUT2D eigenvalue weighted by Crippen LogP contribution is 2.29. The largest absolute Gasteiger partial charge is 0.449 e. The number of carbonyl (C=O) groups is 2. The van der Waals surface area contributed by atoms with Crippen molar-refractivity contribution in [3.8, 4) is 0 Å². The molecule has 2 aliphatic heterocycles. The minimum atomic E-state index is -0.298. The van der Waals surface area contributed by atoms with Crippen molar-refractivity contribution in [2.75, 3.05) is 13.2 Å². The molecular formula is C22H27ClN2O4. The van der Waals surface area contributed by atoms with Gasteiger partial charge in [0.15, 0.2) is 0 Å². The number of carbonyl (C=O) groups excluding carboxylic acids is 2. The maximum atomic E-state index is 11.5. The van der Waals surface area contributed by atoms with E-state index < -0.39 is 0 Å². The molecule has 6 nitrogen and oxygen atoms in total. The van der Waals surface area contributed by atoms with Crippen molar-refractivity contribution in [1.29, 1.82) is 0 Å². The Kier molecular flexibility index (Phi) is 9.31. The Labute approximate surface area is 177 Å². The fraction of sp³-hybridized carbons (Fsp3) is 0.364. The van der Waals surface area contributed by atoms with Crippen LogP contribution in [0.5, 0.6) is 0 Å². The summed E-state index contributed by atoms with van der Waals surface area (Å²) in [7, 11) is 0. The van der Waals surface area contributed by atoms with Gasteiger partial charge < -0.3 is 9.47 Å². The van der Waals surface area contributed by atoms with Gasteiger partial charge in [-0.3, -0.25) is 9.80 Å². The average molecular weight is 419 g/mol. The van der Waals surface area contributed by atoms with Crippen LogP contribution in [0, 0.1) is 11.8 Å². The van der Waals surface area contributed by atoms with Crippen LogP contribution in [0.2, 0.25) is 0 Å². The van der Waals surface area contributed by atoms with Crippen molar-refractivity contribution in [3.05, 3.63) is 73.4 Å². The first-order valence-corrected chi connectivity index (χ1v) is 9.66. The van der Waals surface area contributed by atoms with Crippen LogP contribution in [-0.2, 0) is 9.47 Å². The van der Waals surface area contributed by atoms with E-state index in [4.69, 9.17) is 9.47 Å². The monoisotopic (exact) mass is 418 g/mol. The second-order valence-electron chi connectivity index (χ2n) is 6.99. The summed E-state index contributed by atoms with van der Waals surface area (Å²) in [6, 6.07) is 0. The summed E-state index contributed by atoms with van der Waals surface area (Å²) < 4.78 is 10.2. The second-order valence-corrected chi connectivity index (χ2v) is 6.99. The molecule has 0 aromatic carbocycles. The van der Waals surface area contributed by atoms with Crippen LogP contribution in [0.4, 0.5) is 9.59 Å². The molecule has 0 N–H and O–H groups in total. The van der Waals surface area contributed by atoms with Gasteiger partial charge in [-0.05, 0) is 61.8 Å². The third-order valence-corrected chi connectivity index (χ3v) is 4.35. The molecule has 156 valence electrons. The molecule has 0 spiro atoms. The number of rotatable bonds is 4. The highest BCUT2D eigenvalue weighted by Gasteiger charge is 2.24. The Balaban J connectivity index is 0.000000200. The molecule has 2 heterocycles. The van der Waals surface area contributed by atoms with Crippen LogP contribution in [0.25, 0.3) is 0 Å². The molecule has 0 aromatic rings. The lowest BCUT2D eigenvalue weighted by Crippen LogP contribution is -2.21. The SMILES string of the molecule is Cl.O=C(OCC1CC1)N1C=CC=CC=C1.O=C(OCC1CC1)N1C=CC=CC=C1. The third kappa shape index (κ3) is 8.87. The molecule has 4 rings (SSSR count). The van der Waals surface area contributed by atoms with Gasteiger partial charge in [-0.25, -0.2) is 9.59 Å². The minimum Gasteiger partial charge on any atom is -0.449 e. The Bertz CT molecular complexity index is 637. The highest BCUT2D eigenvalue weighted by molar-refractivity contribution is 5.85. The molecule has 0 bridgehead atoms. The molecule has 0 atom stereocenters. The molecule has 0 unspecified atom stereocenters. The highest BCUT2D eigenvalue weighted by atomic mass is 35.5. The molecule has 2 fully saturated rings. The topological polar surface area (TPSA) is 59.1 Å². The molecule has 0 saturated heterocycles. The first-order valence-electron chi connectivity index (χ1n) is 9.66. The van der Waals surface area contributed by atoms with Gasteiger partial charge in [-0.15, -0.1) is 12.4 Å². The number of hydrogen-bond donors (Lipinski definition) is 0. The van der Waals surface area contributed by atoms with Gasteiger partial charge in [-0.1, -0.05) is 24.3 Å².